The highest BCUT2D eigenvalue weighted by molar-refractivity contribution is 5.83. The lowest BCUT2D eigenvalue weighted by Crippen LogP contribution is -2.42. The van der Waals surface area contributed by atoms with E-state index in [0.29, 0.717) is 13.1 Å². The van der Waals surface area contributed by atoms with E-state index in [0.717, 1.165) is 17.5 Å². The molecule has 1 heterocycles. The van der Waals surface area contributed by atoms with Crippen LogP contribution in [-0.2, 0) is 24.8 Å². The summed E-state index contributed by atoms with van der Waals surface area (Å²) in [5, 5.41) is 12.0. The molecule has 0 bridgehead atoms. The Balaban J connectivity index is 1.57. The molecule has 3 amide bonds. The second-order valence-corrected chi connectivity index (χ2v) is 5.14. The van der Waals surface area contributed by atoms with E-state index in [9.17, 15) is 9.59 Å². The molecule has 23 heavy (non-hydrogen) atoms. The molecule has 0 aliphatic heterocycles. The summed E-state index contributed by atoms with van der Waals surface area (Å²) >= 11 is 0. The van der Waals surface area contributed by atoms with E-state index in [1.165, 1.54) is 0 Å². The van der Waals surface area contributed by atoms with Crippen LogP contribution in [0.2, 0.25) is 0 Å². The van der Waals surface area contributed by atoms with Gasteiger partial charge in [0.1, 0.15) is 0 Å². The fourth-order valence-corrected chi connectivity index (χ4v) is 2.02. The third kappa shape index (κ3) is 6.21. The van der Waals surface area contributed by atoms with Crippen molar-refractivity contribution in [1.82, 2.24) is 25.7 Å². The number of hydrogen-bond acceptors (Lipinski definition) is 3. The molecule has 0 unspecified atom stereocenters. The van der Waals surface area contributed by atoms with Gasteiger partial charge >= 0.3 is 6.03 Å². The van der Waals surface area contributed by atoms with Crippen molar-refractivity contribution in [2.45, 2.75) is 13.0 Å². The molecule has 1 aromatic heterocycles. The summed E-state index contributed by atoms with van der Waals surface area (Å²) < 4.78 is 1.66. The number of nitrogens with zero attached hydrogens (tertiary/aromatic N) is 2. The standard InChI is InChI=1S/C16H21N5O2/c1-21-12-14(10-20-21)9-18-16(23)19-11-15(22)17-8-7-13-5-3-2-4-6-13/h2-6,10,12H,7-9,11H2,1H3,(H,17,22)(H2,18,19,23). The molecule has 3 N–H and O–H groups in total. The van der Waals surface area contributed by atoms with Crippen molar-refractivity contribution in [2.75, 3.05) is 13.1 Å². The number of amides is 3. The van der Waals surface area contributed by atoms with Crippen LogP contribution in [0, 0.1) is 0 Å². The molecule has 1 aromatic carbocycles. The van der Waals surface area contributed by atoms with Gasteiger partial charge in [-0.1, -0.05) is 30.3 Å². The van der Waals surface area contributed by atoms with Gasteiger partial charge in [-0.05, 0) is 12.0 Å². The first kappa shape index (κ1) is 16.5. The van der Waals surface area contributed by atoms with E-state index in [1.807, 2.05) is 43.6 Å². The Morgan fingerprint density at radius 3 is 2.57 bits per heavy atom. The summed E-state index contributed by atoms with van der Waals surface area (Å²) in [6, 6.07) is 9.52. The highest BCUT2D eigenvalue weighted by atomic mass is 16.2. The Bertz CT molecular complexity index is 639. The zero-order chi connectivity index (χ0) is 16.5. The van der Waals surface area contributed by atoms with E-state index in [2.05, 4.69) is 21.0 Å². The predicted octanol–water partition coefficient (Wildman–Crippen LogP) is 0.578. The topological polar surface area (TPSA) is 88.0 Å². The number of rotatable bonds is 7. The summed E-state index contributed by atoms with van der Waals surface area (Å²) in [5.41, 5.74) is 2.06. The van der Waals surface area contributed by atoms with Crippen LogP contribution in [0.1, 0.15) is 11.1 Å². The molecular weight excluding hydrogens is 294 g/mol. The highest BCUT2D eigenvalue weighted by Crippen LogP contribution is 1.98. The van der Waals surface area contributed by atoms with Crippen LogP contribution in [0.15, 0.2) is 42.7 Å². The van der Waals surface area contributed by atoms with Crippen LogP contribution in [0.5, 0.6) is 0 Å². The highest BCUT2D eigenvalue weighted by Gasteiger charge is 2.05. The van der Waals surface area contributed by atoms with Crippen molar-refractivity contribution in [3.05, 3.63) is 53.9 Å². The summed E-state index contributed by atoms with van der Waals surface area (Å²) in [4.78, 5) is 23.2. The number of hydrogen-bond donors (Lipinski definition) is 3. The Morgan fingerprint density at radius 2 is 1.87 bits per heavy atom. The average molecular weight is 315 g/mol. The Kier molecular flexibility index (Phi) is 6.17. The summed E-state index contributed by atoms with van der Waals surface area (Å²) in [6.07, 6.45) is 4.26. The van der Waals surface area contributed by atoms with Crippen LogP contribution in [0.3, 0.4) is 0 Å². The molecular formula is C16H21N5O2. The molecule has 0 saturated carbocycles. The average Bonchev–Trinajstić information content (AvgIpc) is 2.97. The van der Waals surface area contributed by atoms with Crippen molar-refractivity contribution >= 4 is 11.9 Å². The molecule has 0 atom stereocenters. The minimum absolute atomic E-state index is 0.0480. The van der Waals surface area contributed by atoms with Gasteiger partial charge < -0.3 is 16.0 Å². The summed E-state index contributed by atoms with van der Waals surface area (Å²) in [7, 11) is 1.81. The fourth-order valence-electron chi connectivity index (χ4n) is 2.02. The van der Waals surface area contributed by atoms with Gasteiger partial charge in [0.15, 0.2) is 0 Å². The SMILES string of the molecule is Cn1cc(CNC(=O)NCC(=O)NCCc2ccccc2)cn1. The Hall–Kier alpha value is -2.83. The van der Waals surface area contributed by atoms with E-state index >= 15 is 0 Å². The van der Waals surface area contributed by atoms with E-state index in [1.54, 1.807) is 10.9 Å². The van der Waals surface area contributed by atoms with E-state index in [-0.39, 0.29) is 18.5 Å². The third-order valence-electron chi connectivity index (χ3n) is 3.20. The molecule has 0 aliphatic rings. The van der Waals surface area contributed by atoms with Crippen LogP contribution >= 0.6 is 0 Å². The van der Waals surface area contributed by atoms with Gasteiger partial charge in [-0.25, -0.2) is 4.79 Å². The Morgan fingerprint density at radius 1 is 1.09 bits per heavy atom. The molecule has 0 saturated heterocycles. The number of aromatic nitrogens is 2. The zero-order valence-corrected chi connectivity index (χ0v) is 13.1. The molecule has 0 aliphatic carbocycles. The minimum Gasteiger partial charge on any atom is -0.354 e. The predicted molar refractivity (Wildman–Crippen MR) is 86.6 cm³/mol. The maximum absolute atomic E-state index is 11.6. The van der Waals surface area contributed by atoms with Gasteiger partial charge in [-0.15, -0.1) is 0 Å². The third-order valence-corrected chi connectivity index (χ3v) is 3.20. The summed E-state index contributed by atoms with van der Waals surface area (Å²) in [5.74, 6) is -0.211. The van der Waals surface area contributed by atoms with Gasteiger partial charge in [0, 0.05) is 31.9 Å². The van der Waals surface area contributed by atoms with Gasteiger partial charge in [-0.2, -0.15) is 5.10 Å². The molecule has 122 valence electrons. The van der Waals surface area contributed by atoms with Crippen molar-refractivity contribution in [3.8, 4) is 0 Å². The lowest BCUT2D eigenvalue weighted by molar-refractivity contribution is -0.120. The minimum atomic E-state index is -0.382. The first-order chi connectivity index (χ1) is 11.1. The largest absolute Gasteiger partial charge is 0.354 e. The first-order valence-electron chi connectivity index (χ1n) is 7.43. The summed E-state index contributed by atoms with van der Waals surface area (Å²) in [6.45, 7) is 0.866. The zero-order valence-electron chi connectivity index (χ0n) is 13.1. The molecule has 0 radical (unpaired) electrons. The van der Waals surface area contributed by atoms with Crippen LogP contribution in [-0.4, -0.2) is 34.8 Å². The van der Waals surface area contributed by atoms with E-state index < -0.39 is 0 Å². The normalized spacial score (nSPS) is 10.1. The number of nitrogens with one attached hydrogen (secondary N) is 3. The van der Waals surface area contributed by atoms with Crippen molar-refractivity contribution in [1.29, 1.82) is 0 Å². The quantitative estimate of drug-likeness (QED) is 0.698. The van der Waals surface area contributed by atoms with Crippen LogP contribution in [0.4, 0.5) is 4.79 Å². The lowest BCUT2D eigenvalue weighted by Gasteiger charge is -2.08. The molecule has 7 nitrogen and oxygen atoms in total. The monoisotopic (exact) mass is 315 g/mol. The maximum Gasteiger partial charge on any atom is 0.315 e. The smallest absolute Gasteiger partial charge is 0.315 e. The number of benzene rings is 1. The number of aryl methyl sites for hydroxylation is 1. The molecule has 7 heteroatoms. The number of carbonyl (C=O) groups excluding carboxylic acids is 2. The first-order valence-corrected chi connectivity index (χ1v) is 7.43. The Labute approximate surface area is 135 Å². The van der Waals surface area contributed by atoms with Gasteiger partial charge in [-0.3, -0.25) is 9.48 Å². The van der Waals surface area contributed by atoms with Gasteiger partial charge in [0.2, 0.25) is 5.91 Å². The van der Waals surface area contributed by atoms with Gasteiger partial charge in [0.25, 0.3) is 0 Å². The molecule has 2 rings (SSSR count). The maximum atomic E-state index is 11.6. The van der Waals surface area contributed by atoms with Crippen LogP contribution in [0.25, 0.3) is 0 Å². The second-order valence-electron chi connectivity index (χ2n) is 5.14. The van der Waals surface area contributed by atoms with Crippen molar-refractivity contribution < 1.29 is 9.59 Å². The van der Waals surface area contributed by atoms with Crippen molar-refractivity contribution in [2.24, 2.45) is 7.05 Å². The van der Waals surface area contributed by atoms with Crippen molar-refractivity contribution in [3.63, 3.8) is 0 Å². The van der Waals surface area contributed by atoms with Crippen LogP contribution < -0.4 is 16.0 Å². The second kappa shape index (κ2) is 8.57. The molecule has 0 spiro atoms. The fraction of sp³-hybridized carbons (Fsp3) is 0.312. The molecule has 2 aromatic rings. The molecule has 0 fully saturated rings. The lowest BCUT2D eigenvalue weighted by atomic mass is 10.1. The number of carbonyl (C=O) groups is 2. The number of urea groups is 1. The van der Waals surface area contributed by atoms with Gasteiger partial charge in [0.05, 0.1) is 12.7 Å². The van der Waals surface area contributed by atoms with E-state index in [4.69, 9.17) is 0 Å².